The average Bonchev–Trinajstić information content (AvgIpc) is 2.72. The third kappa shape index (κ3) is 4.41. The summed E-state index contributed by atoms with van der Waals surface area (Å²) in [5.74, 6) is 0.0241. The molecule has 0 aliphatic carbocycles. The van der Waals surface area contributed by atoms with Crippen LogP contribution in [0.15, 0.2) is 69.3 Å². The first-order chi connectivity index (χ1) is 14.2. The summed E-state index contributed by atoms with van der Waals surface area (Å²) in [7, 11) is -2.49. The van der Waals surface area contributed by atoms with Crippen LogP contribution in [0.3, 0.4) is 0 Å². The van der Waals surface area contributed by atoms with Gasteiger partial charge in [-0.25, -0.2) is 13.1 Å². The lowest BCUT2D eigenvalue weighted by atomic mass is 10.1. The molecule has 3 aromatic rings. The van der Waals surface area contributed by atoms with Gasteiger partial charge in [-0.2, -0.15) is 5.10 Å². The van der Waals surface area contributed by atoms with Crippen LogP contribution in [-0.4, -0.2) is 31.2 Å². The van der Waals surface area contributed by atoms with E-state index in [4.69, 9.17) is 4.74 Å². The van der Waals surface area contributed by atoms with Crippen molar-refractivity contribution in [1.29, 1.82) is 0 Å². The van der Waals surface area contributed by atoms with Crippen LogP contribution in [0, 0.1) is 13.8 Å². The predicted octanol–water partition coefficient (Wildman–Crippen LogP) is 2.34. The molecule has 0 aliphatic heterocycles. The molecule has 8 nitrogen and oxygen atoms in total. The minimum atomic E-state index is -3.97. The predicted molar refractivity (Wildman–Crippen MR) is 111 cm³/mol. The molecular weight excluding hydrogens is 406 g/mol. The lowest BCUT2D eigenvalue weighted by molar-refractivity contribution is -0.117. The second-order valence-corrected chi connectivity index (χ2v) is 8.56. The van der Waals surface area contributed by atoms with Crippen LogP contribution in [-0.2, 0) is 21.2 Å². The number of anilines is 1. The number of sulfone groups is 1. The van der Waals surface area contributed by atoms with E-state index in [9.17, 15) is 18.0 Å². The molecule has 1 heterocycles. The van der Waals surface area contributed by atoms with E-state index in [1.165, 1.54) is 31.4 Å². The fraction of sp³-hybridized carbons (Fsp3) is 0.190. The number of hydrogen-bond acceptors (Lipinski definition) is 6. The van der Waals surface area contributed by atoms with Crippen LogP contribution in [0.4, 0.5) is 5.69 Å². The molecule has 0 saturated carbocycles. The molecule has 1 N–H and O–H groups in total. The van der Waals surface area contributed by atoms with Crippen molar-refractivity contribution in [2.24, 2.45) is 0 Å². The highest BCUT2D eigenvalue weighted by Gasteiger charge is 2.21. The van der Waals surface area contributed by atoms with Crippen LogP contribution in [0.1, 0.15) is 11.1 Å². The van der Waals surface area contributed by atoms with E-state index in [0.717, 1.165) is 27.9 Å². The van der Waals surface area contributed by atoms with Crippen molar-refractivity contribution in [2.75, 3.05) is 12.4 Å². The molecule has 0 fully saturated rings. The van der Waals surface area contributed by atoms with Gasteiger partial charge in [0.05, 0.1) is 12.0 Å². The SMILES string of the molecule is COc1ccc(S(=O)(=O)c2ccc(=O)n(CC(=O)Nc3c(C)cccc3C)n2)cc1. The fourth-order valence-corrected chi connectivity index (χ4v) is 4.08. The lowest BCUT2D eigenvalue weighted by Gasteiger charge is -2.12. The van der Waals surface area contributed by atoms with Gasteiger partial charge in [0.15, 0.2) is 5.03 Å². The maximum absolute atomic E-state index is 12.8. The van der Waals surface area contributed by atoms with Crippen molar-refractivity contribution < 1.29 is 17.9 Å². The molecule has 9 heteroatoms. The Bertz CT molecular complexity index is 1230. The third-order valence-corrected chi connectivity index (χ3v) is 6.19. The molecule has 0 bridgehead atoms. The highest BCUT2D eigenvalue weighted by Crippen LogP contribution is 2.21. The van der Waals surface area contributed by atoms with E-state index in [-0.39, 0.29) is 9.92 Å². The molecule has 2 aromatic carbocycles. The Balaban J connectivity index is 1.87. The molecule has 0 aliphatic rings. The van der Waals surface area contributed by atoms with E-state index in [0.29, 0.717) is 11.4 Å². The summed E-state index contributed by atoms with van der Waals surface area (Å²) in [6.07, 6.45) is 0. The van der Waals surface area contributed by atoms with Crippen molar-refractivity contribution in [1.82, 2.24) is 9.78 Å². The van der Waals surface area contributed by atoms with Crippen molar-refractivity contribution in [3.63, 3.8) is 0 Å². The summed E-state index contributed by atoms with van der Waals surface area (Å²) in [5, 5.41) is 6.34. The first-order valence-corrected chi connectivity index (χ1v) is 10.5. The number of nitrogens with zero attached hydrogens (tertiary/aromatic N) is 2. The molecule has 1 amide bonds. The Labute approximate surface area is 174 Å². The highest BCUT2D eigenvalue weighted by atomic mass is 32.2. The summed E-state index contributed by atoms with van der Waals surface area (Å²) in [4.78, 5) is 24.6. The number of rotatable bonds is 6. The summed E-state index contributed by atoms with van der Waals surface area (Å²) in [5.41, 5.74) is 1.82. The van der Waals surface area contributed by atoms with Crippen molar-refractivity contribution >= 4 is 21.4 Å². The zero-order valence-electron chi connectivity index (χ0n) is 16.7. The van der Waals surface area contributed by atoms with Gasteiger partial charge in [0.1, 0.15) is 12.3 Å². The van der Waals surface area contributed by atoms with E-state index in [2.05, 4.69) is 10.4 Å². The number of benzene rings is 2. The summed E-state index contributed by atoms with van der Waals surface area (Å²) in [6, 6.07) is 13.6. The number of aryl methyl sites for hydroxylation is 2. The Kier molecular flexibility index (Phi) is 6.02. The second kappa shape index (κ2) is 8.50. The molecule has 3 rings (SSSR count). The van der Waals surface area contributed by atoms with E-state index in [1.54, 1.807) is 0 Å². The molecule has 0 saturated heterocycles. The van der Waals surface area contributed by atoms with Crippen LogP contribution >= 0.6 is 0 Å². The molecule has 0 unspecified atom stereocenters. The molecular formula is C21H21N3O5S. The number of hydrogen-bond donors (Lipinski definition) is 1. The van der Waals surface area contributed by atoms with Crippen molar-refractivity contribution in [3.05, 3.63) is 76.1 Å². The Hall–Kier alpha value is -3.46. The number of para-hydroxylation sites is 1. The van der Waals surface area contributed by atoms with E-state index >= 15 is 0 Å². The smallest absolute Gasteiger partial charge is 0.267 e. The Morgan fingerprint density at radius 1 is 1.03 bits per heavy atom. The molecule has 0 atom stereocenters. The van der Waals surface area contributed by atoms with E-state index < -0.39 is 27.8 Å². The van der Waals surface area contributed by atoms with Gasteiger partial charge in [0.2, 0.25) is 15.7 Å². The summed E-state index contributed by atoms with van der Waals surface area (Å²) in [6.45, 7) is 3.29. The van der Waals surface area contributed by atoms with Gasteiger partial charge in [0.25, 0.3) is 5.56 Å². The number of amides is 1. The first kappa shape index (κ1) is 21.3. The van der Waals surface area contributed by atoms with Gasteiger partial charge in [-0.15, -0.1) is 0 Å². The maximum Gasteiger partial charge on any atom is 0.267 e. The monoisotopic (exact) mass is 427 g/mol. The quantitative estimate of drug-likeness (QED) is 0.647. The first-order valence-electron chi connectivity index (χ1n) is 9.06. The van der Waals surface area contributed by atoms with E-state index in [1.807, 2.05) is 32.0 Å². The minimum Gasteiger partial charge on any atom is -0.497 e. The van der Waals surface area contributed by atoms with Gasteiger partial charge in [0, 0.05) is 11.8 Å². The zero-order chi connectivity index (χ0) is 21.9. The van der Waals surface area contributed by atoms with Crippen molar-refractivity contribution in [2.45, 2.75) is 30.3 Å². The second-order valence-electron chi connectivity index (χ2n) is 6.66. The highest BCUT2D eigenvalue weighted by molar-refractivity contribution is 7.91. The number of carbonyl (C=O) groups is 1. The minimum absolute atomic E-state index is 0.000913. The topological polar surface area (TPSA) is 107 Å². The number of carbonyl (C=O) groups excluding carboxylic acids is 1. The largest absolute Gasteiger partial charge is 0.497 e. The van der Waals surface area contributed by atoms with Crippen LogP contribution in [0.25, 0.3) is 0 Å². The van der Waals surface area contributed by atoms with Crippen LogP contribution in [0.5, 0.6) is 5.75 Å². The number of methoxy groups -OCH3 is 1. The number of nitrogens with one attached hydrogen (secondary N) is 1. The normalized spacial score (nSPS) is 11.2. The average molecular weight is 427 g/mol. The van der Waals surface area contributed by atoms with Gasteiger partial charge < -0.3 is 10.1 Å². The number of ether oxygens (including phenoxy) is 1. The van der Waals surface area contributed by atoms with Crippen LogP contribution in [0.2, 0.25) is 0 Å². The Morgan fingerprint density at radius 2 is 1.67 bits per heavy atom. The van der Waals surface area contributed by atoms with Gasteiger partial charge in [-0.1, -0.05) is 18.2 Å². The molecule has 0 spiro atoms. The lowest BCUT2D eigenvalue weighted by Crippen LogP contribution is -2.30. The Morgan fingerprint density at radius 3 is 2.27 bits per heavy atom. The molecule has 0 radical (unpaired) electrons. The molecule has 1 aromatic heterocycles. The van der Waals surface area contributed by atoms with Gasteiger partial charge >= 0.3 is 0 Å². The van der Waals surface area contributed by atoms with Crippen LogP contribution < -0.4 is 15.6 Å². The molecule has 156 valence electrons. The summed E-state index contributed by atoms with van der Waals surface area (Å²) >= 11 is 0. The molecule has 30 heavy (non-hydrogen) atoms. The summed E-state index contributed by atoms with van der Waals surface area (Å²) < 4.78 is 31.6. The van der Waals surface area contributed by atoms with Gasteiger partial charge in [-0.05, 0) is 55.3 Å². The number of aromatic nitrogens is 2. The van der Waals surface area contributed by atoms with Crippen molar-refractivity contribution in [3.8, 4) is 5.75 Å². The fourth-order valence-electron chi connectivity index (χ4n) is 2.89. The zero-order valence-corrected chi connectivity index (χ0v) is 17.6. The van der Waals surface area contributed by atoms with Gasteiger partial charge in [-0.3, -0.25) is 9.59 Å². The standard InChI is InChI=1S/C21H21N3O5S/c1-14-5-4-6-15(2)21(14)22-18(25)13-24-20(26)12-11-19(23-24)30(27,28)17-9-7-16(29-3)8-10-17/h4-12H,13H2,1-3H3,(H,22,25). The maximum atomic E-state index is 12.8. The third-order valence-electron chi connectivity index (χ3n) is 4.53.